The highest BCUT2D eigenvalue weighted by Gasteiger charge is 2.24. The molecule has 0 bridgehead atoms. The van der Waals surface area contributed by atoms with Gasteiger partial charge < -0.3 is 4.74 Å². The number of carbonyl (C=O) groups is 1. The zero-order chi connectivity index (χ0) is 7.33. The van der Waals surface area contributed by atoms with Crippen LogP contribution in [-0.2, 0) is 9.53 Å². The summed E-state index contributed by atoms with van der Waals surface area (Å²) in [6.07, 6.45) is 0.169. The van der Waals surface area contributed by atoms with Crippen molar-refractivity contribution in [1.82, 2.24) is 0 Å². The SMILES string of the molecule is CCOCC(F)(Br)C=O. The maximum Gasteiger partial charge on any atom is 0.242 e. The van der Waals surface area contributed by atoms with Crippen molar-refractivity contribution in [3.05, 3.63) is 0 Å². The Morgan fingerprint density at radius 2 is 2.44 bits per heavy atom. The lowest BCUT2D eigenvalue weighted by Gasteiger charge is -2.08. The molecule has 0 aromatic heterocycles. The fourth-order valence-corrected chi connectivity index (χ4v) is 0.434. The second-order valence-corrected chi connectivity index (χ2v) is 2.83. The highest BCUT2D eigenvalue weighted by Crippen LogP contribution is 2.16. The Hall–Kier alpha value is 0.0400. The predicted molar refractivity (Wildman–Crippen MR) is 35.3 cm³/mol. The topological polar surface area (TPSA) is 26.3 Å². The molecule has 0 aliphatic rings. The van der Waals surface area contributed by atoms with Gasteiger partial charge in [-0.15, -0.1) is 0 Å². The molecule has 0 aromatic rings. The second kappa shape index (κ2) is 3.95. The van der Waals surface area contributed by atoms with E-state index >= 15 is 0 Å². The van der Waals surface area contributed by atoms with E-state index < -0.39 is 4.58 Å². The van der Waals surface area contributed by atoms with E-state index in [1.807, 2.05) is 0 Å². The van der Waals surface area contributed by atoms with Crippen LogP contribution in [0, 0.1) is 0 Å². The summed E-state index contributed by atoms with van der Waals surface area (Å²) in [6.45, 7) is 1.91. The van der Waals surface area contributed by atoms with E-state index in [-0.39, 0.29) is 12.9 Å². The molecule has 0 aromatic carbocycles. The molecule has 0 aliphatic carbocycles. The van der Waals surface area contributed by atoms with Crippen LogP contribution in [0.2, 0.25) is 0 Å². The molecule has 0 aliphatic heterocycles. The van der Waals surface area contributed by atoms with E-state index in [1.54, 1.807) is 6.92 Å². The molecule has 0 amide bonds. The third kappa shape index (κ3) is 4.54. The summed E-state index contributed by atoms with van der Waals surface area (Å²) in [5.74, 6) is 0. The molecule has 4 heteroatoms. The van der Waals surface area contributed by atoms with Gasteiger partial charge in [-0.25, -0.2) is 4.39 Å². The van der Waals surface area contributed by atoms with Gasteiger partial charge in [0.25, 0.3) is 0 Å². The van der Waals surface area contributed by atoms with E-state index in [0.717, 1.165) is 0 Å². The average molecular weight is 199 g/mol. The molecule has 2 nitrogen and oxygen atoms in total. The summed E-state index contributed by atoms with van der Waals surface area (Å²) in [4.78, 5) is 9.83. The van der Waals surface area contributed by atoms with Crippen molar-refractivity contribution in [2.75, 3.05) is 13.2 Å². The molecule has 9 heavy (non-hydrogen) atoms. The van der Waals surface area contributed by atoms with Crippen LogP contribution < -0.4 is 0 Å². The minimum atomic E-state index is -2.00. The molecule has 1 unspecified atom stereocenters. The van der Waals surface area contributed by atoms with Crippen molar-refractivity contribution in [2.24, 2.45) is 0 Å². The number of halogens is 2. The smallest absolute Gasteiger partial charge is 0.242 e. The molecule has 0 rings (SSSR count). The molecule has 0 spiro atoms. The van der Waals surface area contributed by atoms with Gasteiger partial charge in [0.2, 0.25) is 4.58 Å². The van der Waals surface area contributed by atoms with Crippen molar-refractivity contribution in [2.45, 2.75) is 11.5 Å². The van der Waals surface area contributed by atoms with Gasteiger partial charge in [-0.05, 0) is 22.9 Å². The highest BCUT2D eigenvalue weighted by atomic mass is 79.9. The number of aldehydes is 1. The Morgan fingerprint density at radius 3 is 2.78 bits per heavy atom. The summed E-state index contributed by atoms with van der Waals surface area (Å²) in [7, 11) is 0. The minimum Gasteiger partial charge on any atom is -0.377 e. The van der Waals surface area contributed by atoms with Gasteiger partial charge in [0.15, 0.2) is 6.29 Å². The summed E-state index contributed by atoms with van der Waals surface area (Å²) < 4.78 is 15.1. The molecule has 0 heterocycles. The lowest BCUT2D eigenvalue weighted by Crippen LogP contribution is -2.22. The first-order valence-corrected chi connectivity index (χ1v) is 3.33. The standard InChI is InChI=1S/C5H8BrFO2/c1-2-9-4-5(6,7)3-8/h3H,2,4H2,1H3. The number of carbonyl (C=O) groups excluding carboxylic acids is 1. The summed E-state index contributed by atoms with van der Waals surface area (Å²) in [5.41, 5.74) is 0. The zero-order valence-corrected chi connectivity index (χ0v) is 6.65. The minimum absolute atomic E-state index is 0.169. The highest BCUT2D eigenvalue weighted by molar-refractivity contribution is 9.10. The van der Waals surface area contributed by atoms with Crippen molar-refractivity contribution in [3.63, 3.8) is 0 Å². The Morgan fingerprint density at radius 1 is 1.89 bits per heavy atom. The number of hydrogen-bond donors (Lipinski definition) is 0. The van der Waals surface area contributed by atoms with Gasteiger partial charge in [0.05, 0.1) is 6.61 Å². The molecule has 0 saturated heterocycles. The van der Waals surface area contributed by atoms with Gasteiger partial charge >= 0.3 is 0 Å². The third-order valence-electron chi connectivity index (χ3n) is 0.671. The fourth-order valence-electron chi connectivity index (χ4n) is 0.272. The molecular weight excluding hydrogens is 191 g/mol. The summed E-state index contributed by atoms with van der Waals surface area (Å²) in [6, 6.07) is 0. The summed E-state index contributed by atoms with van der Waals surface area (Å²) >= 11 is 2.52. The van der Waals surface area contributed by atoms with E-state index in [9.17, 15) is 9.18 Å². The van der Waals surface area contributed by atoms with Gasteiger partial charge in [0.1, 0.15) is 0 Å². The molecular formula is C5H8BrFO2. The first kappa shape index (κ1) is 9.04. The van der Waals surface area contributed by atoms with E-state index in [2.05, 4.69) is 20.7 Å². The van der Waals surface area contributed by atoms with Crippen LogP contribution in [0.15, 0.2) is 0 Å². The molecule has 0 fully saturated rings. The van der Waals surface area contributed by atoms with Crippen molar-refractivity contribution in [3.8, 4) is 0 Å². The first-order chi connectivity index (χ1) is 4.12. The molecule has 0 N–H and O–H groups in total. The molecule has 0 saturated carbocycles. The molecule has 54 valence electrons. The second-order valence-electron chi connectivity index (χ2n) is 1.52. The Bertz CT molecular complexity index is 95.0. The predicted octanol–water partition coefficient (Wildman–Crippen LogP) is 1.28. The number of rotatable bonds is 4. The molecule has 0 radical (unpaired) electrons. The van der Waals surface area contributed by atoms with Gasteiger partial charge in [0, 0.05) is 6.61 Å². The van der Waals surface area contributed by atoms with E-state index in [1.165, 1.54) is 0 Å². The zero-order valence-electron chi connectivity index (χ0n) is 5.06. The lowest BCUT2D eigenvalue weighted by atomic mass is 10.5. The van der Waals surface area contributed by atoms with Crippen molar-refractivity contribution >= 4 is 22.2 Å². The maximum atomic E-state index is 12.4. The van der Waals surface area contributed by atoms with E-state index in [0.29, 0.717) is 6.61 Å². The number of hydrogen-bond acceptors (Lipinski definition) is 2. The largest absolute Gasteiger partial charge is 0.377 e. The average Bonchev–Trinajstić information content (AvgIpc) is 1.84. The van der Waals surface area contributed by atoms with Crippen molar-refractivity contribution in [1.29, 1.82) is 0 Å². The Balaban J connectivity index is 3.45. The Kier molecular flexibility index (Phi) is 3.97. The maximum absolute atomic E-state index is 12.4. The van der Waals surface area contributed by atoms with Gasteiger partial charge in [-0.3, -0.25) is 4.79 Å². The van der Waals surface area contributed by atoms with Crippen LogP contribution in [0.25, 0.3) is 0 Å². The number of alkyl halides is 2. The normalized spacial score (nSPS) is 16.8. The van der Waals surface area contributed by atoms with Crippen LogP contribution in [-0.4, -0.2) is 24.1 Å². The quantitative estimate of drug-likeness (QED) is 0.503. The monoisotopic (exact) mass is 198 g/mol. The first-order valence-electron chi connectivity index (χ1n) is 2.54. The Labute approximate surface area is 61.5 Å². The van der Waals surface area contributed by atoms with Crippen LogP contribution in [0.3, 0.4) is 0 Å². The third-order valence-corrected chi connectivity index (χ3v) is 1.09. The van der Waals surface area contributed by atoms with Crippen LogP contribution in [0.4, 0.5) is 4.39 Å². The van der Waals surface area contributed by atoms with Crippen LogP contribution in [0.1, 0.15) is 6.92 Å². The van der Waals surface area contributed by atoms with Gasteiger partial charge in [-0.2, -0.15) is 0 Å². The van der Waals surface area contributed by atoms with Crippen LogP contribution in [0.5, 0.6) is 0 Å². The van der Waals surface area contributed by atoms with E-state index in [4.69, 9.17) is 0 Å². The van der Waals surface area contributed by atoms with Gasteiger partial charge in [-0.1, -0.05) is 0 Å². The summed E-state index contributed by atoms with van der Waals surface area (Å²) in [5, 5.41) is 0. The van der Waals surface area contributed by atoms with Crippen molar-refractivity contribution < 1.29 is 13.9 Å². The number of ether oxygens (including phenoxy) is 1. The lowest BCUT2D eigenvalue weighted by molar-refractivity contribution is -0.115. The fraction of sp³-hybridized carbons (Fsp3) is 0.800. The molecule has 1 atom stereocenters. The van der Waals surface area contributed by atoms with Crippen LogP contribution >= 0.6 is 15.9 Å².